The van der Waals surface area contributed by atoms with Gasteiger partial charge in [0.1, 0.15) is 11.5 Å². The van der Waals surface area contributed by atoms with Crippen LogP contribution in [0.3, 0.4) is 0 Å². The molecule has 0 bridgehead atoms. The van der Waals surface area contributed by atoms with E-state index in [1.54, 1.807) is 44.4 Å². The summed E-state index contributed by atoms with van der Waals surface area (Å²) in [6.07, 6.45) is 0. The van der Waals surface area contributed by atoms with Crippen molar-refractivity contribution in [1.82, 2.24) is 14.8 Å². The van der Waals surface area contributed by atoms with Crippen molar-refractivity contribution in [3.63, 3.8) is 0 Å². The van der Waals surface area contributed by atoms with Gasteiger partial charge in [-0.3, -0.25) is 4.79 Å². The van der Waals surface area contributed by atoms with Crippen molar-refractivity contribution in [3.05, 3.63) is 58.2 Å². The number of aromatic nitrogens is 1. The van der Waals surface area contributed by atoms with Gasteiger partial charge in [0.15, 0.2) is 5.78 Å². The van der Waals surface area contributed by atoms with Crippen molar-refractivity contribution in [3.8, 4) is 0 Å². The molecule has 7 nitrogen and oxygen atoms in total. The Kier molecular flexibility index (Phi) is 8.36. The van der Waals surface area contributed by atoms with Crippen LogP contribution in [0.1, 0.15) is 58.4 Å². The van der Waals surface area contributed by atoms with Crippen LogP contribution in [0.2, 0.25) is 0 Å². The first-order valence-corrected chi connectivity index (χ1v) is 10.4. The molecule has 1 aromatic carbocycles. The summed E-state index contributed by atoms with van der Waals surface area (Å²) in [5, 5.41) is 2.71. The molecule has 2 rings (SSSR count). The molecule has 0 saturated heterocycles. The molecule has 0 aliphatic heterocycles. The second-order valence-electron chi connectivity index (χ2n) is 7.14. The molecule has 1 N–H and O–H groups in total. The lowest BCUT2D eigenvalue weighted by atomic mass is 10.0. The van der Waals surface area contributed by atoms with Crippen LogP contribution >= 0.6 is 0 Å². The Morgan fingerprint density at radius 2 is 1.74 bits per heavy atom. The number of carbonyl (C=O) groups is 3. The van der Waals surface area contributed by atoms with Crippen molar-refractivity contribution in [2.45, 2.75) is 47.7 Å². The van der Waals surface area contributed by atoms with Crippen LogP contribution in [-0.4, -0.2) is 46.9 Å². The number of hydrogen-bond donors (Lipinski definition) is 1. The van der Waals surface area contributed by atoms with Gasteiger partial charge in [-0.1, -0.05) is 12.1 Å². The molecule has 2 amide bonds. The Balaban J connectivity index is 2.37. The monoisotopic (exact) mass is 431 g/mol. The van der Waals surface area contributed by atoms with E-state index in [-0.39, 0.29) is 31.3 Å². The van der Waals surface area contributed by atoms with Crippen molar-refractivity contribution >= 4 is 17.8 Å². The number of ketones is 1. The normalized spacial score (nSPS) is 10.6. The third-order valence-electron chi connectivity index (χ3n) is 5.07. The van der Waals surface area contributed by atoms with Gasteiger partial charge >= 0.3 is 12.0 Å². The molecule has 1 aromatic heterocycles. The summed E-state index contributed by atoms with van der Waals surface area (Å²) in [4.78, 5) is 39.7. The zero-order chi connectivity index (χ0) is 23.1. The predicted octanol–water partition coefficient (Wildman–Crippen LogP) is 3.86. The average Bonchev–Trinajstić information content (AvgIpc) is 2.98. The summed E-state index contributed by atoms with van der Waals surface area (Å²) in [5.41, 5.74) is 2.67. The number of benzene rings is 1. The number of halogens is 1. The van der Waals surface area contributed by atoms with Gasteiger partial charge in [-0.05, 0) is 57.9 Å². The van der Waals surface area contributed by atoms with Crippen LogP contribution in [0.15, 0.2) is 24.3 Å². The molecule has 2 aromatic rings. The van der Waals surface area contributed by atoms with Crippen molar-refractivity contribution in [2.75, 3.05) is 19.7 Å². The molecule has 1 heterocycles. The Hall–Kier alpha value is -3.16. The fraction of sp³-hybridized carbons (Fsp3) is 0.435. The summed E-state index contributed by atoms with van der Waals surface area (Å²) in [6.45, 7) is 10.0. The third kappa shape index (κ3) is 5.51. The number of amides is 2. The molecule has 0 saturated carbocycles. The second-order valence-corrected chi connectivity index (χ2v) is 7.14. The van der Waals surface area contributed by atoms with E-state index in [2.05, 4.69) is 5.32 Å². The third-order valence-corrected chi connectivity index (χ3v) is 5.07. The van der Waals surface area contributed by atoms with Gasteiger partial charge in [-0.25, -0.2) is 14.0 Å². The number of ether oxygens (including phenoxy) is 1. The highest BCUT2D eigenvalue weighted by atomic mass is 19.1. The summed E-state index contributed by atoms with van der Waals surface area (Å²) >= 11 is 0. The van der Waals surface area contributed by atoms with Gasteiger partial charge in [0.05, 0.1) is 13.2 Å². The Morgan fingerprint density at radius 3 is 2.29 bits per heavy atom. The molecule has 0 aliphatic carbocycles. The van der Waals surface area contributed by atoms with Crippen molar-refractivity contribution < 1.29 is 23.5 Å². The molecule has 8 heteroatoms. The lowest BCUT2D eigenvalue weighted by molar-refractivity contribution is 0.0512. The van der Waals surface area contributed by atoms with Gasteiger partial charge in [-0.2, -0.15) is 0 Å². The molecule has 0 unspecified atom stereocenters. The molecule has 0 fully saturated rings. The van der Waals surface area contributed by atoms with E-state index in [1.165, 1.54) is 17.0 Å². The van der Waals surface area contributed by atoms with Crippen LogP contribution in [-0.2, 0) is 17.8 Å². The lowest BCUT2D eigenvalue weighted by Gasteiger charge is -2.22. The highest BCUT2D eigenvalue weighted by Crippen LogP contribution is 2.24. The maximum absolute atomic E-state index is 13.3. The molecule has 0 aliphatic rings. The van der Waals surface area contributed by atoms with E-state index >= 15 is 0 Å². The summed E-state index contributed by atoms with van der Waals surface area (Å²) in [5.74, 6) is -1.12. The topological polar surface area (TPSA) is 80.6 Å². The Bertz CT molecular complexity index is 951. The summed E-state index contributed by atoms with van der Waals surface area (Å²) < 4.78 is 20.2. The molecular weight excluding hydrogens is 401 g/mol. The average molecular weight is 432 g/mol. The van der Waals surface area contributed by atoms with E-state index in [1.807, 2.05) is 6.92 Å². The lowest BCUT2D eigenvalue weighted by Crippen LogP contribution is -2.42. The predicted molar refractivity (Wildman–Crippen MR) is 116 cm³/mol. The van der Waals surface area contributed by atoms with Gasteiger partial charge in [0, 0.05) is 30.9 Å². The van der Waals surface area contributed by atoms with Crippen molar-refractivity contribution in [2.24, 2.45) is 0 Å². The molecule has 0 atom stereocenters. The summed E-state index contributed by atoms with van der Waals surface area (Å²) in [7, 11) is 0. The van der Waals surface area contributed by atoms with E-state index in [0.29, 0.717) is 41.2 Å². The number of hydrogen-bond acceptors (Lipinski definition) is 4. The minimum atomic E-state index is -0.476. The number of rotatable bonds is 9. The standard InChI is InChI=1S/C23H30FN3O4/c1-6-25-23(30)26(13-17-9-11-18(24)12-10-17)14-19(28)20-15(4)21(22(29)31-8-3)27(7-2)16(20)5/h9-12H,6-8,13-14H2,1-5H3,(H,25,30). The number of carbonyl (C=O) groups excluding carboxylic acids is 3. The number of nitrogens with one attached hydrogen (secondary N) is 1. The zero-order valence-electron chi connectivity index (χ0n) is 18.8. The van der Waals surface area contributed by atoms with Gasteiger partial charge < -0.3 is 19.5 Å². The Morgan fingerprint density at radius 1 is 1.10 bits per heavy atom. The van der Waals surface area contributed by atoms with Gasteiger partial charge in [-0.15, -0.1) is 0 Å². The van der Waals surface area contributed by atoms with E-state index in [0.717, 1.165) is 0 Å². The first-order valence-electron chi connectivity index (χ1n) is 10.4. The van der Waals surface area contributed by atoms with E-state index in [9.17, 15) is 18.8 Å². The van der Waals surface area contributed by atoms with Crippen LogP contribution in [0, 0.1) is 19.7 Å². The van der Waals surface area contributed by atoms with Crippen molar-refractivity contribution in [1.29, 1.82) is 0 Å². The quantitative estimate of drug-likeness (QED) is 0.483. The highest BCUT2D eigenvalue weighted by Gasteiger charge is 2.28. The van der Waals surface area contributed by atoms with E-state index < -0.39 is 12.0 Å². The second kappa shape index (κ2) is 10.7. The SMILES string of the molecule is CCNC(=O)N(CC(=O)c1c(C)c(C(=O)OCC)n(CC)c1C)Cc1ccc(F)cc1. The molecule has 0 spiro atoms. The molecule has 168 valence electrons. The number of esters is 1. The number of nitrogens with zero attached hydrogens (tertiary/aromatic N) is 2. The fourth-order valence-corrected chi connectivity index (χ4v) is 3.69. The number of Topliss-reactive ketones (excluding diaryl/α,β-unsaturated/α-hetero) is 1. The largest absolute Gasteiger partial charge is 0.461 e. The molecule has 0 radical (unpaired) electrons. The zero-order valence-corrected chi connectivity index (χ0v) is 18.8. The first-order chi connectivity index (χ1) is 14.7. The van der Waals surface area contributed by atoms with Crippen LogP contribution in [0.25, 0.3) is 0 Å². The fourth-order valence-electron chi connectivity index (χ4n) is 3.69. The summed E-state index contributed by atoms with van der Waals surface area (Å²) in [6, 6.07) is 5.39. The maximum Gasteiger partial charge on any atom is 0.355 e. The van der Waals surface area contributed by atoms with Gasteiger partial charge in [0.2, 0.25) is 0 Å². The molecular formula is C23H30FN3O4. The van der Waals surface area contributed by atoms with E-state index in [4.69, 9.17) is 4.74 Å². The smallest absolute Gasteiger partial charge is 0.355 e. The minimum Gasteiger partial charge on any atom is -0.461 e. The number of urea groups is 1. The Labute approximate surface area is 182 Å². The van der Waals surface area contributed by atoms with Crippen LogP contribution in [0.4, 0.5) is 9.18 Å². The highest BCUT2D eigenvalue weighted by molar-refractivity contribution is 6.04. The first kappa shape index (κ1) is 24.1. The minimum absolute atomic E-state index is 0.148. The van der Waals surface area contributed by atoms with Gasteiger partial charge in [0.25, 0.3) is 0 Å². The molecule has 31 heavy (non-hydrogen) atoms. The maximum atomic E-state index is 13.3. The van der Waals surface area contributed by atoms with Crippen LogP contribution in [0.5, 0.6) is 0 Å². The van der Waals surface area contributed by atoms with Crippen LogP contribution < -0.4 is 5.32 Å².